The fraction of sp³-hybridized carbons (Fsp3) is 0.389. The quantitative estimate of drug-likeness (QED) is 0.668. The number of hydrogen-bond acceptors (Lipinski definition) is 4. The molecule has 24 heavy (non-hydrogen) atoms. The summed E-state index contributed by atoms with van der Waals surface area (Å²) < 4.78 is 0. The van der Waals surface area contributed by atoms with E-state index in [-0.39, 0.29) is 22.8 Å². The molecular weight excluding hydrogens is 322 g/mol. The minimum atomic E-state index is -0.327. The van der Waals surface area contributed by atoms with Crippen molar-refractivity contribution in [1.82, 2.24) is 14.9 Å². The van der Waals surface area contributed by atoms with E-state index in [1.54, 1.807) is 18.9 Å². The van der Waals surface area contributed by atoms with Crippen LogP contribution < -0.4 is 5.56 Å². The van der Waals surface area contributed by atoms with E-state index in [2.05, 4.69) is 9.97 Å². The minimum absolute atomic E-state index is 0.0134. The molecule has 0 spiro atoms. The van der Waals surface area contributed by atoms with Crippen molar-refractivity contribution in [2.45, 2.75) is 44.1 Å². The molecule has 128 valence electrons. The Bertz CT molecular complexity index is 772. The second kappa shape index (κ2) is 7.66. The number of amides is 1. The maximum Gasteiger partial charge on any atom is 0.255 e. The van der Waals surface area contributed by atoms with Crippen molar-refractivity contribution in [3.05, 3.63) is 46.2 Å². The summed E-state index contributed by atoms with van der Waals surface area (Å²) in [5.41, 5.74) is 1.94. The molecule has 1 aromatic heterocycles. The highest BCUT2D eigenvalue weighted by atomic mass is 32.2. The lowest BCUT2D eigenvalue weighted by Gasteiger charge is -2.24. The van der Waals surface area contributed by atoms with Crippen molar-refractivity contribution >= 4 is 17.7 Å². The average molecular weight is 345 g/mol. The molecule has 0 aliphatic heterocycles. The summed E-state index contributed by atoms with van der Waals surface area (Å²) in [4.78, 5) is 33.6. The number of carbonyl (C=O) groups excluding carboxylic acids is 1. The normalized spacial score (nSPS) is 12.2. The van der Waals surface area contributed by atoms with E-state index in [4.69, 9.17) is 0 Å². The van der Waals surface area contributed by atoms with Crippen molar-refractivity contribution in [2.24, 2.45) is 0 Å². The SMILES string of the molecule is Cc1c(-c2ccccc2)nc(SC(C)C(=O)N(C)C(C)C)[nH]c1=O. The van der Waals surface area contributed by atoms with Gasteiger partial charge in [-0.05, 0) is 27.7 Å². The molecule has 1 unspecified atom stereocenters. The molecule has 0 bridgehead atoms. The molecule has 5 nitrogen and oxygen atoms in total. The summed E-state index contributed by atoms with van der Waals surface area (Å²) in [6.07, 6.45) is 0. The van der Waals surface area contributed by atoms with Crippen LogP contribution in [0.4, 0.5) is 0 Å². The molecule has 1 aromatic carbocycles. The number of aromatic amines is 1. The van der Waals surface area contributed by atoms with Crippen molar-refractivity contribution in [1.29, 1.82) is 0 Å². The Morgan fingerprint density at radius 3 is 2.42 bits per heavy atom. The van der Waals surface area contributed by atoms with Gasteiger partial charge in [0.05, 0.1) is 10.9 Å². The molecule has 1 N–H and O–H groups in total. The molecule has 2 rings (SSSR count). The molecular formula is C18H23N3O2S. The molecule has 0 aliphatic carbocycles. The Labute approximate surface area is 146 Å². The number of rotatable bonds is 5. The highest BCUT2D eigenvalue weighted by molar-refractivity contribution is 8.00. The summed E-state index contributed by atoms with van der Waals surface area (Å²) in [5, 5.41) is 0.134. The molecule has 0 radical (unpaired) electrons. The van der Waals surface area contributed by atoms with Gasteiger partial charge in [-0.25, -0.2) is 4.98 Å². The van der Waals surface area contributed by atoms with Gasteiger partial charge in [0, 0.05) is 24.2 Å². The van der Waals surface area contributed by atoms with Crippen LogP contribution in [0.3, 0.4) is 0 Å². The van der Waals surface area contributed by atoms with E-state index < -0.39 is 0 Å². The number of thioether (sulfide) groups is 1. The Morgan fingerprint density at radius 2 is 1.83 bits per heavy atom. The van der Waals surface area contributed by atoms with Gasteiger partial charge in [-0.15, -0.1) is 0 Å². The number of nitrogens with zero attached hydrogens (tertiary/aromatic N) is 2. The third-order valence-corrected chi connectivity index (χ3v) is 4.91. The maximum absolute atomic E-state index is 12.4. The predicted octanol–water partition coefficient (Wildman–Crippen LogP) is 3.09. The average Bonchev–Trinajstić information content (AvgIpc) is 2.57. The highest BCUT2D eigenvalue weighted by Crippen LogP contribution is 2.25. The van der Waals surface area contributed by atoms with Crippen LogP contribution in [0.1, 0.15) is 26.3 Å². The fourth-order valence-corrected chi connectivity index (χ4v) is 3.10. The zero-order valence-electron chi connectivity index (χ0n) is 14.7. The number of nitrogens with one attached hydrogen (secondary N) is 1. The highest BCUT2D eigenvalue weighted by Gasteiger charge is 2.22. The van der Waals surface area contributed by atoms with Crippen molar-refractivity contribution in [3.63, 3.8) is 0 Å². The van der Waals surface area contributed by atoms with E-state index in [9.17, 15) is 9.59 Å². The smallest absolute Gasteiger partial charge is 0.255 e. The lowest BCUT2D eigenvalue weighted by atomic mass is 10.1. The predicted molar refractivity (Wildman–Crippen MR) is 98.3 cm³/mol. The van der Waals surface area contributed by atoms with Crippen LogP contribution in [0.5, 0.6) is 0 Å². The number of aromatic nitrogens is 2. The lowest BCUT2D eigenvalue weighted by molar-refractivity contribution is -0.130. The van der Waals surface area contributed by atoms with Gasteiger partial charge in [0.25, 0.3) is 5.56 Å². The molecule has 0 fully saturated rings. The second-order valence-electron chi connectivity index (χ2n) is 6.01. The lowest BCUT2D eigenvalue weighted by Crippen LogP contribution is -2.38. The van der Waals surface area contributed by atoms with Crippen molar-refractivity contribution < 1.29 is 4.79 Å². The van der Waals surface area contributed by atoms with Gasteiger partial charge in [0.2, 0.25) is 5.91 Å². The standard InChI is InChI=1S/C18H23N3O2S/c1-11(2)21(5)17(23)13(4)24-18-19-15(12(3)16(22)20-18)14-9-7-6-8-10-14/h6-11,13H,1-5H3,(H,19,20,22). The Balaban J connectivity index is 2.31. The molecule has 0 saturated carbocycles. The van der Waals surface area contributed by atoms with Crippen LogP contribution in [0.2, 0.25) is 0 Å². The largest absolute Gasteiger partial charge is 0.342 e. The van der Waals surface area contributed by atoms with E-state index in [1.807, 2.05) is 51.1 Å². The zero-order valence-corrected chi connectivity index (χ0v) is 15.5. The summed E-state index contributed by atoms with van der Waals surface area (Å²) in [7, 11) is 1.78. The maximum atomic E-state index is 12.4. The zero-order chi connectivity index (χ0) is 17.9. The van der Waals surface area contributed by atoms with Gasteiger partial charge in [0.15, 0.2) is 5.16 Å². The second-order valence-corrected chi connectivity index (χ2v) is 7.34. The van der Waals surface area contributed by atoms with Gasteiger partial charge in [-0.1, -0.05) is 42.1 Å². The summed E-state index contributed by atoms with van der Waals surface area (Å²) in [6.45, 7) is 7.52. The van der Waals surface area contributed by atoms with Gasteiger partial charge in [0.1, 0.15) is 0 Å². The topological polar surface area (TPSA) is 66.1 Å². The minimum Gasteiger partial charge on any atom is -0.342 e. The molecule has 6 heteroatoms. The first-order valence-electron chi connectivity index (χ1n) is 7.91. The fourth-order valence-electron chi connectivity index (χ4n) is 2.20. The third kappa shape index (κ3) is 4.06. The molecule has 1 atom stereocenters. The van der Waals surface area contributed by atoms with Crippen LogP contribution in [0.25, 0.3) is 11.3 Å². The van der Waals surface area contributed by atoms with Crippen molar-refractivity contribution in [3.8, 4) is 11.3 Å². The Kier molecular flexibility index (Phi) is 5.83. The summed E-state index contributed by atoms with van der Waals surface area (Å²) in [5.74, 6) is 0.0134. The van der Waals surface area contributed by atoms with E-state index in [1.165, 1.54) is 11.8 Å². The molecule has 1 amide bonds. The van der Waals surface area contributed by atoms with E-state index in [0.29, 0.717) is 16.4 Å². The summed E-state index contributed by atoms with van der Waals surface area (Å²) >= 11 is 1.27. The van der Waals surface area contributed by atoms with Crippen LogP contribution >= 0.6 is 11.8 Å². The van der Waals surface area contributed by atoms with Crippen molar-refractivity contribution in [2.75, 3.05) is 7.05 Å². The molecule has 1 heterocycles. The first kappa shape index (κ1) is 18.3. The van der Waals surface area contributed by atoms with Gasteiger partial charge < -0.3 is 9.88 Å². The summed E-state index contributed by atoms with van der Waals surface area (Å²) in [6, 6.07) is 9.71. The Morgan fingerprint density at radius 1 is 1.21 bits per heavy atom. The molecule has 0 saturated heterocycles. The number of H-pyrrole nitrogens is 1. The Hall–Kier alpha value is -2.08. The number of hydrogen-bond donors (Lipinski definition) is 1. The van der Waals surface area contributed by atoms with Crippen LogP contribution in [-0.2, 0) is 4.79 Å². The first-order valence-corrected chi connectivity index (χ1v) is 8.79. The molecule has 0 aliphatic rings. The first-order chi connectivity index (χ1) is 11.3. The van der Waals surface area contributed by atoms with Crippen LogP contribution in [0.15, 0.2) is 40.3 Å². The third-order valence-electron chi connectivity index (χ3n) is 3.94. The monoisotopic (exact) mass is 345 g/mol. The van der Waals surface area contributed by atoms with Gasteiger partial charge >= 0.3 is 0 Å². The van der Waals surface area contributed by atoms with E-state index >= 15 is 0 Å². The van der Waals surface area contributed by atoms with Gasteiger partial charge in [-0.3, -0.25) is 9.59 Å². The number of benzene rings is 1. The number of carbonyl (C=O) groups is 1. The van der Waals surface area contributed by atoms with Crippen LogP contribution in [0, 0.1) is 6.92 Å². The molecule has 2 aromatic rings. The van der Waals surface area contributed by atoms with Crippen LogP contribution in [-0.4, -0.2) is 39.1 Å². The van der Waals surface area contributed by atoms with E-state index in [0.717, 1.165) is 5.56 Å². The van der Waals surface area contributed by atoms with Gasteiger partial charge in [-0.2, -0.15) is 0 Å².